The van der Waals surface area contributed by atoms with Crippen LogP contribution in [0.15, 0.2) is 178 Å². The summed E-state index contributed by atoms with van der Waals surface area (Å²) in [4.78, 5) is 9.02. The van der Waals surface area contributed by atoms with E-state index in [4.69, 9.17) is 36.2 Å². The van der Waals surface area contributed by atoms with E-state index in [0.717, 1.165) is 0 Å². The first-order valence-corrected chi connectivity index (χ1v) is 15.5. The third-order valence-electron chi connectivity index (χ3n) is 7.98. The van der Waals surface area contributed by atoms with Crippen molar-refractivity contribution in [3.05, 3.63) is 191 Å². The van der Waals surface area contributed by atoms with Crippen molar-refractivity contribution in [2.24, 2.45) is 15.7 Å². The van der Waals surface area contributed by atoms with Gasteiger partial charge in [-0.1, -0.05) is 151 Å². The van der Waals surface area contributed by atoms with Crippen molar-refractivity contribution < 1.29 is 33.2 Å². The molecular weight excluding hydrogens is 623 g/mol. The van der Waals surface area contributed by atoms with E-state index in [9.17, 15) is 2.74 Å². The van der Waals surface area contributed by atoms with E-state index in [1.807, 2.05) is 0 Å². The molecule has 2 N–H and O–H groups in total. The molecule has 0 aliphatic carbocycles. The van der Waals surface area contributed by atoms with E-state index in [0.29, 0.717) is 21.9 Å². The molecule has 51 heavy (non-hydrogen) atoms. The van der Waals surface area contributed by atoms with Gasteiger partial charge in [0.25, 0.3) is 0 Å². The Hall–Kier alpha value is -6.52. The second-order valence-electron chi connectivity index (χ2n) is 11.2. The molecule has 0 saturated carbocycles. The number of furan rings is 1. The number of rotatable bonds is 7. The lowest BCUT2D eigenvalue weighted by atomic mass is 9.93. The van der Waals surface area contributed by atoms with Gasteiger partial charge in [-0.15, -0.1) is 0 Å². The monoisotopic (exact) mass is 680 g/mol. The Morgan fingerprint density at radius 2 is 1.25 bits per heavy atom. The van der Waals surface area contributed by atoms with E-state index < -0.39 is 155 Å². The normalized spacial score (nSPS) is 17.9. The highest BCUT2D eigenvalue weighted by molar-refractivity contribution is 6.12. The Labute approximate surface area is 327 Å². The minimum Gasteiger partial charge on any atom is -0.455 e. The van der Waals surface area contributed by atoms with Crippen LogP contribution in [-0.2, 0) is 6.54 Å². The van der Waals surface area contributed by atoms with Crippen LogP contribution in [0.2, 0.25) is 0 Å². The Morgan fingerprint density at radius 1 is 0.627 bits per heavy atom. The predicted octanol–water partition coefficient (Wildman–Crippen LogP) is 11.6. The second kappa shape index (κ2) is 13.8. The zero-order valence-corrected chi connectivity index (χ0v) is 27.1. The maximum absolute atomic E-state index is 9.25. The number of amidine groups is 2. The van der Waals surface area contributed by atoms with Crippen molar-refractivity contribution in [2.75, 3.05) is 0 Å². The molecule has 1 heterocycles. The molecule has 0 fully saturated rings. The lowest BCUT2D eigenvalue weighted by molar-refractivity contribution is 0.669. The van der Waals surface area contributed by atoms with Crippen molar-refractivity contribution in [3.63, 3.8) is 0 Å². The minimum atomic E-state index is -0.746. The Kier molecular flexibility index (Phi) is 4.32. The van der Waals surface area contributed by atoms with Gasteiger partial charge in [0.05, 0.1) is 35.3 Å². The van der Waals surface area contributed by atoms with Crippen LogP contribution in [0.3, 0.4) is 0 Å². The molecule has 246 valence electrons. The molecule has 0 atom stereocenters. The van der Waals surface area contributed by atoms with Crippen LogP contribution in [0.5, 0.6) is 0 Å². The van der Waals surface area contributed by atoms with E-state index in [1.54, 1.807) is 36.4 Å². The Balaban J connectivity index is 1.31. The van der Waals surface area contributed by atoms with Crippen LogP contribution in [0, 0.1) is 13.8 Å². The molecule has 0 aliphatic heterocycles. The van der Waals surface area contributed by atoms with Crippen LogP contribution >= 0.6 is 0 Å². The molecule has 8 rings (SSSR count). The number of hydrogen-bond donors (Lipinski definition) is 1. The first kappa shape index (κ1) is 16.0. The van der Waals surface area contributed by atoms with Crippen LogP contribution < -0.4 is 5.73 Å². The fraction of sp³-hybridized carbons (Fsp3) is 0.0638. The molecule has 8 aromatic rings. The third-order valence-corrected chi connectivity index (χ3v) is 7.98. The van der Waals surface area contributed by atoms with Gasteiger partial charge in [-0.25, -0.2) is 4.99 Å². The predicted molar refractivity (Wildman–Crippen MR) is 213 cm³/mol. The summed E-state index contributed by atoms with van der Waals surface area (Å²) in [6, 6.07) is -3.63. The lowest BCUT2D eigenvalue weighted by Crippen LogP contribution is -2.16. The van der Waals surface area contributed by atoms with E-state index >= 15 is 0 Å². The summed E-state index contributed by atoms with van der Waals surface area (Å²) in [5, 5.41) is 0.913. The maximum atomic E-state index is 9.25. The summed E-state index contributed by atoms with van der Waals surface area (Å²) in [6.45, 7) is 2.35. The second-order valence-corrected chi connectivity index (χ2v) is 11.2. The van der Waals surface area contributed by atoms with Gasteiger partial charge in [-0.2, -0.15) is 0 Å². The average molecular weight is 681 g/mol. The summed E-state index contributed by atoms with van der Waals surface area (Å²) in [7, 11) is 0. The number of nitrogens with two attached hydrogens (primary N) is 1. The highest BCUT2D eigenvalue weighted by atomic mass is 16.3. The molecule has 0 aliphatic rings. The zero-order chi connectivity index (χ0) is 53.0. The number of fused-ring (bicyclic) bond motifs is 3. The van der Waals surface area contributed by atoms with Gasteiger partial charge in [0.1, 0.15) is 17.0 Å². The molecule has 0 radical (unpaired) electrons. The average Bonchev–Trinajstić information content (AvgIpc) is 3.75. The number of benzene rings is 7. The molecule has 0 unspecified atom stereocenters. The van der Waals surface area contributed by atoms with E-state index in [-0.39, 0.29) is 51.1 Å². The lowest BCUT2D eigenvalue weighted by Gasteiger charge is -2.13. The Bertz CT molecular complexity index is 3640. The largest absolute Gasteiger partial charge is 0.455 e. The van der Waals surface area contributed by atoms with Gasteiger partial charge >= 0.3 is 0 Å². The molecule has 7 aromatic carbocycles. The van der Waals surface area contributed by atoms with Crippen LogP contribution in [0.4, 0.5) is 0 Å². The molecule has 0 saturated heterocycles. The van der Waals surface area contributed by atoms with Gasteiger partial charge in [0, 0.05) is 27.5 Å². The van der Waals surface area contributed by atoms with E-state index in [1.165, 1.54) is 13.8 Å². The SMILES string of the molecule is [2H]c1c([2H])c([2H])c(C(=NCc2cccc3oc4c(-c5c([2H])c([2H])c([2H])c([2H])c5[2H])cccc4c23)N=C(N)c2c([2H])c([2H])c(-c3c([2H])c([2H])c(-c4c([2H])c([2H])c([2H])c([2H])c4[2H])c(C)c3[2H])c(C)c2[2H])c([2H])c1[2H]. The number of hydrogen-bond acceptors (Lipinski definition) is 2. The molecule has 0 spiro atoms. The van der Waals surface area contributed by atoms with Gasteiger partial charge in [-0.05, 0) is 70.5 Å². The number of nitrogens with zero attached hydrogens (tertiary/aromatic N) is 2. The molecule has 1 aromatic heterocycles. The minimum absolute atomic E-state index is 0.0837. The van der Waals surface area contributed by atoms with Crippen molar-refractivity contribution in [2.45, 2.75) is 20.4 Å². The van der Waals surface area contributed by atoms with Gasteiger partial charge in [0.15, 0.2) is 5.84 Å². The maximum Gasteiger partial charge on any atom is 0.157 e. The fourth-order valence-corrected chi connectivity index (χ4v) is 5.62. The highest BCUT2D eigenvalue weighted by Crippen LogP contribution is 2.37. The third kappa shape index (κ3) is 6.36. The first-order valence-electron chi connectivity index (χ1n) is 26.0. The van der Waals surface area contributed by atoms with Gasteiger partial charge in [0.2, 0.25) is 0 Å². The van der Waals surface area contributed by atoms with Crippen molar-refractivity contribution >= 4 is 33.6 Å². The van der Waals surface area contributed by atoms with Gasteiger partial charge < -0.3 is 10.2 Å². The highest BCUT2D eigenvalue weighted by Gasteiger charge is 2.16. The zero-order valence-electron chi connectivity index (χ0n) is 48.1. The van der Waals surface area contributed by atoms with Crippen LogP contribution in [-0.4, -0.2) is 11.7 Å². The summed E-state index contributed by atoms with van der Waals surface area (Å²) >= 11 is 0. The van der Waals surface area contributed by atoms with Crippen LogP contribution in [0.25, 0.3) is 55.3 Å². The molecule has 4 heteroatoms. The van der Waals surface area contributed by atoms with E-state index in [2.05, 4.69) is 9.98 Å². The van der Waals surface area contributed by atoms with Crippen molar-refractivity contribution in [3.8, 4) is 33.4 Å². The molecule has 0 amide bonds. The summed E-state index contributed by atoms with van der Waals surface area (Å²) < 4.78 is 187. The number of aliphatic imine (C=N–C) groups is 2. The molecular formula is C47H37N3O. The molecule has 0 bridgehead atoms. The number of para-hydroxylation sites is 1. The fourth-order valence-electron chi connectivity index (χ4n) is 5.62. The first-order chi connectivity index (χ1) is 33.8. The van der Waals surface area contributed by atoms with Gasteiger partial charge in [-0.3, -0.25) is 4.99 Å². The summed E-state index contributed by atoms with van der Waals surface area (Å²) in [5.74, 6) is -1.19. The Morgan fingerprint density at radius 3 is 2.00 bits per heavy atom. The quantitative estimate of drug-likeness (QED) is 0.134. The summed E-state index contributed by atoms with van der Waals surface area (Å²) in [6.07, 6.45) is 0. The standard InChI is InChI=1S/C47H37N3O/c1-31-28-36(24-26-39(31)33-14-6-3-7-15-33)40-27-25-37(29-32(40)2)46(48)50-47(35-18-10-5-11-19-35)49-30-38-20-12-23-43-44(38)42-22-13-21-41(45(42)51-43)34-16-8-4-9-17-34/h3-29H,30H2,1-2H3,(H2,48,49,50)/i3D,4D,5D,6D,7D,8D,9D,10D,11D,14D,15D,16D,17D,18D,19D,24D,25D,26D,27D,28D,29D. The molecule has 4 nitrogen and oxygen atoms in total. The smallest absolute Gasteiger partial charge is 0.157 e. The van der Waals surface area contributed by atoms with Crippen molar-refractivity contribution in [1.29, 1.82) is 0 Å². The topological polar surface area (TPSA) is 63.9 Å². The van der Waals surface area contributed by atoms with Crippen molar-refractivity contribution in [1.82, 2.24) is 0 Å². The summed E-state index contributed by atoms with van der Waals surface area (Å²) in [5.41, 5.74) is 5.11. The van der Waals surface area contributed by atoms with Crippen LogP contribution in [0.1, 0.15) is 56.6 Å².